The van der Waals surface area contributed by atoms with Gasteiger partial charge in [-0.05, 0) is 37.5 Å². The van der Waals surface area contributed by atoms with E-state index in [2.05, 4.69) is 72.3 Å². The van der Waals surface area contributed by atoms with Crippen LogP contribution in [0.2, 0.25) is 0 Å². The first kappa shape index (κ1) is 20.0. The van der Waals surface area contributed by atoms with Gasteiger partial charge in [0.25, 0.3) is 0 Å². The molecule has 0 fully saturated rings. The van der Waals surface area contributed by atoms with Gasteiger partial charge in [-0.25, -0.2) is 9.50 Å². The molecule has 1 aliphatic rings. The molecule has 0 aromatic carbocycles. The molecule has 5 heteroatoms. The third-order valence-corrected chi connectivity index (χ3v) is 5.62. The summed E-state index contributed by atoms with van der Waals surface area (Å²) in [6.07, 6.45) is 6.16. The van der Waals surface area contributed by atoms with Crippen molar-refractivity contribution in [3.05, 3.63) is 18.0 Å². The molecule has 2 aromatic rings. The Morgan fingerprint density at radius 3 is 2.33 bits per heavy atom. The van der Waals surface area contributed by atoms with Crippen LogP contribution >= 0.6 is 0 Å². The molecule has 0 radical (unpaired) electrons. The van der Waals surface area contributed by atoms with Crippen molar-refractivity contribution in [2.24, 2.45) is 5.41 Å². The van der Waals surface area contributed by atoms with E-state index in [0.29, 0.717) is 0 Å². The molecule has 0 N–H and O–H groups in total. The molecule has 27 heavy (non-hydrogen) atoms. The van der Waals surface area contributed by atoms with Crippen molar-refractivity contribution in [2.75, 3.05) is 11.4 Å². The largest absolute Gasteiger partial charge is 0.483 e. The third-order valence-electron chi connectivity index (χ3n) is 5.62. The standard InChI is InChI=1S/C22H36N4O/c1-10-22(8,9)25-13-15(11-20(2,3)4)27-17-14-26-18(24-19(17)25)16(12-23-26)21(5,6)7/h12,14-15H,10-11,13H2,1-9H3/t15-/m0/s1. The second kappa shape index (κ2) is 6.39. The van der Waals surface area contributed by atoms with Crippen molar-refractivity contribution in [2.45, 2.75) is 92.2 Å². The maximum absolute atomic E-state index is 6.42. The summed E-state index contributed by atoms with van der Waals surface area (Å²) in [5.41, 5.74) is 2.32. The first-order chi connectivity index (χ1) is 12.3. The Hall–Kier alpha value is -1.78. The quantitative estimate of drug-likeness (QED) is 0.741. The summed E-state index contributed by atoms with van der Waals surface area (Å²) in [6, 6.07) is 0. The Morgan fingerprint density at radius 1 is 1.11 bits per heavy atom. The highest BCUT2D eigenvalue weighted by Crippen LogP contribution is 2.40. The van der Waals surface area contributed by atoms with Gasteiger partial charge in [-0.3, -0.25) is 0 Å². The van der Waals surface area contributed by atoms with Crippen molar-refractivity contribution >= 4 is 11.5 Å². The second-order valence-corrected chi connectivity index (χ2v) is 10.8. The minimum absolute atomic E-state index is 0.00160. The van der Waals surface area contributed by atoms with Crippen LogP contribution in [0.4, 0.5) is 5.82 Å². The molecule has 0 aliphatic carbocycles. The van der Waals surface area contributed by atoms with Gasteiger partial charge in [0.15, 0.2) is 17.2 Å². The summed E-state index contributed by atoms with van der Waals surface area (Å²) >= 11 is 0. The molecular formula is C22H36N4O. The molecule has 0 unspecified atom stereocenters. The van der Waals surface area contributed by atoms with E-state index in [1.54, 1.807) is 0 Å². The van der Waals surface area contributed by atoms with Crippen LogP contribution in [0.15, 0.2) is 12.4 Å². The molecular weight excluding hydrogens is 336 g/mol. The van der Waals surface area contributed by atoms with Gasteiger partial charge in [0.05, 0.1) is 18.9 Å². The average Bonchev–Trinajstić information content (AvgIpc) is 2.93. The molecule has 0 saturated heterocycles. The van der Waals surface area contributed by atoms with Gasteiger partial charge in [-0.15, -0.1) is 0 Å². The molecule has 150 valence electrons. The molecule has 1 aliphatic heterocycles. The molecule has 0 spiro atoms. The molecule has 5 nitrogen and oxygen atoms in total. The molecule has 1 atom stereocenters. The molecule has 2 aromatic heterocycles. The monoisotopic (exact) mass is 372 g/mol. The summed E-state index contributed by atoms with van der Waals surface area (Å²) < 4.78 is 8.29. The average molecular weight is 373 g/mol. The zero-order chi connectivity index (χ0) is 20.2. The van der Waals surface area contributed by atoms with Gasteiger partial charge in [-0.1, -0.05) is 48.5 Å². The number of hydrogen-bond donors (Lipinski definition) is 0. The van der Waals surface area contributed by atoms with E-state index in [9.17, 15) is 0 Å². The van der Waals surface area contributed by atoms with Gasteiger partial charge in [0, 0.05) is 11.1 Å². The second-order valence-electron chi connectivity index (χ2n) is 10.8. The van der Waals surface area contributed by atoms with E-state index in [1.807, 2.05) is 16.9 Å². The molecule has 3 heterocycles. The van der Waals surface area contributed by atoms with Crippen molar-refractivity contribution in [3.63, 3.8) is 0 Å². The highest BCUT2D eigenvalue weighted by molar-refractivity contribution is 5.63. The van der Waals surface area contributed by atoms with Crippen LogP contribution in [0, 0.1) is 5.41 Å². The maximum atomic E-state index is 6.42. The number of hydrogen-bond acceptors (Lipinski definition) is 4. The zero-order valence-corrected chi connectivity index (χ0v) is 18.6. The lowest BCUT2D eigenvalue weighted by molar-refractivity contribution is 0.129. The number of anilines is 1. The van der Waals surface area contributed by atoms with Gasteiger partial charge in [-0.2, -0.15) is 5.10 Å². The number of nitrogens with zero attached hydrogens (tertiary/aromatic N) is 4. The van der Waals surface area contributed by atoms with Crippen LogP contribution in [0.1, 0.15) is 80.7 Å². The predicted molar refractivity (Wildman–Crippen MR) is 112 cm³/mol. The molecule has 0 bridgehead atoms. The minimum Gasteiger partial charge on any atom is -0.483 e. The van der Waals surface area contributed by atoms with E-state index in [4.69, 9.17) is 9.72 Å². The SMILES string of the molecule is CCC(C)(C)N1C[C@H](CC(C)(C)C)Oc2cn3ncc(C(C)(C)C)c3nc21. The van der Waals surface area contributed by atoms with E-state index in [-0.39, 0.29) is 22.5 Å². The number of ether oxygens (including phenoxy) is 1. The molecule has 0 amide bonds. The fraction of sp³-hybridized carbons (Fsp3) is 0.727. The fourth-order valence-corrected chi connectivity index (χ4v) is 3.71. The molecule has 0 saturated carbocycles. The molecule has 3 rings (SSSR count). The highest BCUT2D eigenvalue weighted by Gasteiger charge is 2.37. The Labute approximate surface area is 164 Å². The van der Waals surface area contributed by atoms with Crippen LogP contribution in [-0.4, -0.2) is 32.8 Å². The van der Waals surface area contributed by atoms with Crippen molar-refractivity contribution in [3.8, 4) is 5.75 Å². The first-order valence-electron chi connectivity index (χ1n) is 10.1. The number of fused-ring (bicyclic) bond motifs is 2. The van der Waals surface area contributed by atoms with Crippen LogP contribution in [0.25, 0.3) is 5.65 Å². The predicted octanol–water partition coefficient (Wildman–Crippen LogP) is 5.22. The van der Waals surface area contributed by atoms with Crippen LogP contribution < -0.4 is 9.64 Å². The summed E-state index contributed by atoms with van der Waals surface area (Å²) in [6.45, 7) is 21.1. The fourth-order valence-electron chi connectivity index (χ4n) is 3.71. The third kappa shape index (κ3) is 3.92. The highest BCUT2D eigenvalue weighted by atomic mass is 16.5. The van der Waals surface area contributed by atoms with Gasteiger partial charge >= 0.3 is 0 Å². The van der Waals surface area contributed by atoms with Crippen LogP contribution in [0.5, 0.6) is 5.75 Å². The maximum Gasteiger partial charge on any atom is 0.180 e. The number of aromatic nitrogens is 3. The van der Waals surface area contributed by atoms with E-state index >= 15 is 0 Å². The van der Waals surface area contributed by atoms with Crippen molar-refractivity contribution < 1.29 is 4.74 Å². The smallest absolute Gasteiger partial charge is 0.180 e. The summed E-state index contributed by atoms with van der Waals surface area (Å²) in [5.74, 6) is 1.79. The lowest BCUT2D eigenvalue weighted by Gasteiger charge is -2.45. The Balaban J connectivity index is 2.13. The zero-order valence-electron chi connectivity index (χ0n) is 18.6. The summed E-state index contributed by atoms with van der Waals surface area (Å²) in [5, 5.41) is 4.56. The van der Waals surface area contributed by atoms with Gasteiger partial charge in [0.2, 0.25) is 0 Å². The Morgan fingerprint density at radius 2 is 1.78 bits per heavy atom. The Bertz CT molecular complexity index is 823. The lowest BCUT2D eigenvalue weighted by Crippen LogP contribution is -2.52. The van der Waals surface area contributed by atoms with E-state index in [1.165, 1.54) is 0 Å². The van der Waals surface area contributed by atoms with E-state index in [0.717, 1.165) is 42.2 Å². The lowest BCUT2D eigenvalue weighted by atomic mass is 9.87. The van der Waals surface area contributed by atoms with Crippen LogP contribution in [0.3, 0.4) is 0 Å². The number of rotatable bonds is 3. The van der Waals surface area contributed by atoms with Crippen LogP contribution in [-0.2, 0) is 5.41 Å². The van der Waals surface area contributed by atoms with Crippen molar-refractivity contribution in [1.82, 2.24) is 14.6 Å². The van der Waals surface area contributed by atoms with Gasteiger partial charge < -0.3 is 9.64 Å². The summed E-state index contributed by atoms with van der Waals surface area (Å²) in [4.78, 5) is 7.52. The van der Waals surface area contributed by atoms with E-state index < -0.39 is 0 Å². The van der Waals surface area contributed by atoms with Crippen molar-refractivity contribution in [1.29, 1.82) is 0 Å². The Kier molecular flexibility index (Phi) is 4.72. The topological polar surface area (TPSA) is 42.7 Å². The normalized spacial score (nSPS) is 18.6. The first-order valence-corrected chi connectivity index (χ1v) is 10.1. The minimum atomic E-state index is -0.00160. The summed E-state index contributed by atoms with van der Waals surface area (Å²) in [7, 11) is 0. The van der Waals surface area contributed by atoms with Gasteiger partial charge in [0.1, 0.15) is 6.10 Å².